The van der Waals surface area contributed by atoms with Crippen LogP contribution in [0.15, 0.2) is 23.0 Å². The average molecular weight is 284 g/mol. The molecule has 2 aromatic rings. The Balaban J connectivity index is 1.80. The molecule has 1 aromatic heterocycles. The second-order valence-electron chi connectivity index (χ2n) is 6.36. The van der Waals surface area contributed by atoms with Gasteiger partial charge in [0, 0.05) is 37.9 Å². The van der Waals surface area contributed by atoms with Gasteiger partial charge >= 0.3 is 0 Å². The number of aryl methyl sites for hydroxylation is 1. The van der Waals surface area contributed by atoms with Gasteiger partial charge in [-0.05, 0) is 38.6 Å². The molecule has 4 rings (SSSR count). The maximum absolute atomic E-state index is 12.4. The Labute approximate surface area is 123 Å². The SMILES string of the molecule is Cc1nc2ccc(N3C[C@@H]4C[C@H]3CN4C)cc2c(=O)n1C. The predicted molar refractivity (Wildman–Crippen MR) is 83.9 cm³/mol. The third kappa shape index (κ3) is 1.80. The Morgan fingerprint density at radius 1 is 1.19 bits per heavy atom. The van der Waals surface area contributed by atoms with Crippen LogP contribution in [0, 0.1) is 6.92 Å². The van der Waals surface area contributed by atoms with Crippen LogP contribution in [-0.2, 0) is 7.05 Å². The van der Waals surface area contributed by atoms with Crippen molar-refractivity contribution in [1.82, 2.24) is 14.5 Å². The van der Waals surface area contributed by atoms with Crippen molar-refractivity contribution in [1.29, 1.82) is 0 Å². The number of anilines is 1. The predicted octanol–water partition coefficient (Wildman–Crippen LogP) is 1.13. The van der Waals surface area contributed by atoms with E-state index < -0.39 is 0 Å². The molecule has 0 aliphatic carbocycles. The highest BCUT2D eigenvalue weighted by molar-refractivity contribution is 5.82. The number of rotatable bonds is 1. The third-order valence-corrected chi connectivity index (χ3v) is 5.13. The molecule has 3 heterocycles. The monoisotopic (exact) mass is 284 g/mol. The summed E-state index contributed by atoms with van der Waals surface area (Å²) < 4.78 is 1.62. The maximum atomic E-state index is 12.4. The molecule has 2 aliphatic rings. The van der Waals surface area contributed by atoms with E-state index in [2.05, 4.69) is 27.9 Å². The molecule has 0 N–H and O–H groups in total. The summed E-state index contributed by atoms with van der Waals surface area (Å²) in [4.78, 5) is 21.8. The molecule has 21 heavy (non-hydrogen) atoms. The van der Waals surface area contributed by atoms with Crippen molar-refractivity contribution < 1.29 is 0 Å². The van der Waals surface area contributed by atoms with Gasteiger partial charge in [0.2, 0.25) is 0 Å². The van der Waals surface area contributed by atoms with Gasteiger partial charge in [-0.15, -0.1) is 0 Å². The molecule has 0 amide bonds. The van der Waals surface area contributed by atoms with Crippen molar-refractivity contribution in [2.45, 2.75) is 25.4 Å². The summed E-state index contributed by atoms with van der Waals surface area (Å²) in [5, 5.41) is 0.719. The molecule has 110 valence electrons. The summed E-state index contributed by atoms with van der Waals surface area (Å²) in [5.74, 6) is 0.752. The number of hydrogen-bond donors (Lipinski definition) is 0. The van der Waals surface area contributed by atoms with Crippen molar-refractivity contribution in [2.75, 3.05) is 25.0 Å². The summed E-state index contributed by atoms with van der Waals surface area (Å²) in [6.07, 6.45) is 1.23. The minimum absolute atomic E-state index is 0.0424. The van der Waals surface area contributed by atoms with Crippen molar-refractivity contribution >= 4 is 16.6 Å². The molecule has 0 spiro atoms. The molecule has 0 radical (unpaired) electrons. The quantitative estimate of drug-likeness (QED) is 0.787. The summed E-state index contributed by atoms with van der Waals surface area (Å²) in [7, 11) is 3.98. The fourth-order valence-electron chi connectivity index (χ4n) is 3.73. The Bertz CT molecular complexity index is 780. The molecule has 5 heteroatoms. The van der Waals surface area contributed by atoms with Gasteiger partial charge in [-0.1, -0.05) is 0 Å². The topological polar surface area (TPSA) is 41.4 Å². The van der Waals surface area contributed by atoms with Crippen LogP contribution >= 0.6 is 0 Å². The van der Waals surface area contributed by atoms with Crippen molar-refractivity contribution in [2.24, 2.45) is 7.05 Å². The first kappa shape index (κ1) is 12.8. The molecule has 2 aliphatic heterocycles. The molecule has 1 aromatic carbocycles. The Morgan fingerprint density at radius 3 is 2.67 bits per heavy atom. The molecule has 5 nitrogen and oxygen atoms in total. The maximum Gasteiger partial charge on any atom is 0.261 e. The zero-order valence-electron chi connectivity index (χ0n) is 12.7. The molecular formula is C16H20N4O. The van der Waals surface area contributed by atoms with Crippen LogP contribution < -0.4 is 10.5 Å². The van der Waals surface area contributed by atoms with Gasteiger partial charge in [-0.2, -0.15) is 0 Å². The molecule has 2 fully saturated rings. The molecule has 2 saturated heterocycles. The lowest BCUT2D eigenvalue weighted by molar-refractivity contribution is 0.292. The lowest BCUT2D eigenvalue weighted by Crippen LogP contribution is -2.44. The minimum atomic E-state index is 0.0424. The zero-order valence-corrected chi connectivity index (χ0v) is 12.7. The fourth-order valence-corrected chi connectivity index (χ4v) is 3.73. The number of likely N-dealkylation sites (tertiary alicyclic amines) is 1. The van der Waals surface area contributed by atoms with Crippen molar-refractivity contribution in [3.8, 4) is 0 Å². The van der Waals surface area contributed by atoms with Gasteiger partial charge < -0.3 is 4.90 Å². The number of nitrogens with zero attached hydrogens (tertiary/aromatic N) is 4. The lowest BCUT2D eigenvalue weighted by atomic mass is 10.2. The highest BCUT2D eigenvalue weighted by Crippen LogP contribution is 2.34. The fraction of sp³-hybridized carbons (Fsp3) is 0.500. The van der Waals surface area contributed by atoms with Crippen LogP contribution in [0.1, 0.15) is 12.2 Å². The smallest absolute Gasteiger partial charge is 0.261 e. The number of benzene rings is 1. The van der Waals surface area contributed by atoms with Gasteiger partial charge in [0.25, 0.3) is 5.56 Å². The van der Waals surface area contributed by atoms with Crippen LogP contribution in [0.3, 0.4) is 0 Å². The Hall–Kier alpha value is -1.88. The van der Waals surface area contributed by atoms with E-state index in [1.165, 1.54) is 6.42 Å². The largest absolute Gasteiger partial charge is 0.366 e. The van der Waals surface area contributed by atoms with Crippen molar-refractivity contribution in [3.05, 3.63) is 34.4 Å². The lowest BCUT2D eigenvalue weighted by Gasteiger charge is -2.33. The van der Waals surface area contributed by atoms with Crippen LogP contribution in [-0.4, -0.2) is 46.7 Å². The van der Waals surface area contributed by atoms with Gasteiger partial charge in [-0.3, -0.25) is 14.3 Å². The van der Waals surface area contributed by atoms with E-state index in [1.54, 1.807) is 11.6 Å². The van der Waals surface area contributed by atoms with Gasteiger partial charge in [0.15, 0.2) is 0 Å². The van der Waals surface area contributed by atoms with Gasteiger partial charge in [0.1, 0.15) is 5.82 Å². The summed E-state index contributed by atoms with van der Waals surface area (Å²) in [5.41, 5.74) is 1.99. The highest BCUT2D eigenvalue weighted by Gasteiger charge is 2.41. The normalized spacial score (nSPS) is 25.2. The molecule has 2 atom stereocenters. The van der Waals surface area contributed by atoms with Crippen molar-refractivity contribution in [3.63, 3.8) is 0 Å². The highest BCUT2D eigenvalue weighted by atomic mass is 16.1. The van der Waals surface area contributed by atoms with E-state index in [-0.39, 0.29) is 5.56 Å². The van der Waals surface area contributed by atoms with E-state index in [0.717, 1.165) is 35.5 Å². The van der Waals surface area contributed by atoms with Crippen LogP contribution in [0.4, 0.5) is 5.69 Å². The summed E-state index contributed by atoms with van der Waals surface area (Å²) in [6.45, 7) is 4.04. The minimum Gasteiger partial charge on any atom is -0.366 e. The molecule has 0 saturated carbocycles. The van der Waals surface area contributed by atoms with Crippen LogP contribution in [0.2, 0.25) is 0 Å². The first-order chi connectivity index (χ1) is 10.0. The average Bonchev–Trinajstić information content (AvgIpc) is 3.04. The number of aromatic nitrogens is 2. The van der Waals surface area contributed by atoms with Crippen LogP contribution in [0.25, 0.3) is 10.9 Å². The van der Waals surface area contributed by atoms with Crippen LogP contribution in [0.5, 0.6) is 0 Å². The summed E-state index contributed by atoms with van der Waals surface area (Å²) >= 11 is 0. The molecular weight excluding hydrogens is 264 g/mol. The van der Waals surface area contributed by atoms with E-state index in [4.69, 9.17) is 0 Å². The molecule has 2 bridgehead atoms. The van der Waals surface area contributed by atoms with E-state index in [1.807, 2.05) is 19.1 Å². The number of piperazine rings is 1. The number of hydrogen-bond acceptors (Lipinski definition) is 4. The second-order valence-corrected chi connectivity index (χ2v) is 6.36. The number of fused-ring (bicyclic) bond motifs is 3. The Kier molecular flexibility index (Phi) is 2.63. The third-order valence-electron chi connectivity index (χ3n) is 5.13. The first-order valence-electron chi connectivity index (χ1n) is 7.49. The standard InChI is InChI=1S/C16H20N4O/c1-10-17-15-5-4-11(7-14(15)16(21)19(10)3)20-9-12-6-13(20)8-18(12)2/h4-5,7,12-13H,6,8-9H2,1-3H3/t12-,13-/m0/s1. The Morgan fingerprint density at radius 2 is 2.00 bits per heavy atom. The second kappa shape index (κ2) is 4.31. The van der Waals surface area contributed by atoms with Gasteiger partial charge in [0.05, 0.1) is 10.9 Å². The van der Waals surface area contributed by atoms with E-state index in [9.17, 15) is 4.79 Å². The van der Waals surface area contributed by atoms with E-state index in [0.29, 0.717) is 12.1 Å². The number of likely N-dealkylation sites (N-methyl/N-ethyl adjacent to an activating group) is 1. The first-order valence-corrected chi connectivity index (χ1v) is 7.49. The summed E-state index contributed by atoms with van der Waals surface area (Å²) in [6, 6.07) is 7.35. The van der Waals surface area contributed by atoms with Gasteiger partial charge in [-0.25, -0.2) is 4.98 Å². The van der Waals surface area contributed by atoms with E-state index >= 15 is 0 Å². The molecule has 0 unspecified atom stereocenters. The zero-order chi connectivity index (χ0) is 14.7.